The van der Waals surface area contributed by atoms with Crippen LogP contribution in [0.2, 0.25) is 0 Å². The summed E-state index contributed by atoms with van der Waals surface area (Å²) in [5, 5.41) is 26.5. The summed E-state index contributed by atoms with van der Waals surface area (Å²) in [6.45, 7) is 0.387. The van der Waals surface area contributed by atoms with E-state index in [2.05, 4.69) is 12.6 Å². The SMILES string of the molecule is CSCCOc1ccc2c(c1C(=O)O)OB(O)[C@@H](SC(=N)S)C2. The zero-order chi connectivity index (χ0) is 17.0. The minimum Gasteiger partial charge on any atom is -0.534 e. The Morgan fingerprint density at radius 1 is 1.61 bits per heavy atom. The zero-order valence-electron chi connectivity index (χ0n) is 12.3. The number of fused-ring (bicyclic) bond motifs is 1. The third kappa shape index (κ3) is 4.53. The molecule has 3 N–H and O–H groups in total. The van der Waals surface area contributed by atoms with Gasteiger partial charge in [-0.1, -0.05) is 17.8 Å². The van der Waals surface area contributed by atoms with E-state index < -0.39 is 18.2 Å². The predicted octanol–water partition coefficient (Wildman–Crippen LogP) is 2.05. The van der Waals surface area contributed by atoms with Crippen molar-refractivity contribution < 1.29 is 24.3 Å². The fourth-order valence-corrected chi connectivity index (χ4v) is 3.60. The van der Waals surface area contributed by atoms with E-state index in [0.717, 1.165) is 17.5 Å². The number of nitrogens with one attached hydrogen (secondary N) is 1. The number of hydrogen-bond donors (Lipinski definition) is 4. The van der Waals surface area contributed by atoms with Crippen molar-refractivity contribution in [2.75, 3.05) is 18.6 Å². The van der Waals surface area contributed by atoms with Gasteiger partial charge in [-0.3, -0.25) is 5.41 Å². The van der Waals surface area contributed by atoms with Crippen LogP contribution in [-0.2, 0) is 6.42 Å². The smallest absolute Gasteiger partial charge is 0.534 e. The van der Waals surface area contributed by atoms with Crippen molar-refractivity contribution in [3.63, 3.8) is 0 Å². The van der Waals surface area contributed by atoms with Crippen molar-refractivity contribution in [1.29, 1.82) is 5.41 Å². The molecule has 1 atom stereocenters. The molecule has 1 aromatic carbocycles. The van der Waals surface area contributed by atoms with Crippen LogP contribution >= 0.6 is 36.2 Å². The second-order valence-electron chi connectivity index (χ2n) is 4.75. The summed E-state index contributed by atoms with van der Waals surface area (Å²) < 4.78 is 11.0. The molecule has 0 fully saturated rings. The number of hydrogen-bond acceptors (Lipinski definition) is 7. The second kappa shape index (κ2) is 8.23. The highest BCUT2D eigenvalue weighted by molar-refractivity contribution is 8.33. The topological polar surface area (TPSA) is 99.8 Å². The monoisotopic (exact) mass is 373 g/mol. The minimum absolute atomic E-state index is 0.0663. The molecule has 0 spiro atoms. The Hall–Kier alpha value is -0.965. The molecule has 0 radical (unpaired) electrons. The van der Waals surface area contributed by atoms with Crippen LogP contribution in [0.25, 0.3) is 0 Å². The maximum atomic E-state index is 11.6. The molecule has 23 heavy (non-hydrogen) atoms. The fraction of sp³-hybridized carbons (Fsp3) is 0.385. The van der Waals surface area contributed by atoms with E-state index in [9.17, 15) is 14.9 Å². The molecule has 0 saturated heterocycles. The summed E-state index contributed by atoms with van der Waals surface area (Å²) in [6.07, 6.45) is 2.32. The Balaban J connectivity index is 2.32. The lowest BCUT2D eigenvalue weighted by molar-refractivity contribution is 0.0689. The number of carboxylic acid groups (broad SMARTS) is 1. The normalized spacial score (nSPS) is 16.5. The first-order valence-corrected chi connectivity index (χ1v) is 9.46. The average molecular weight is 373 g/mol. The van der Waals surface area contributed by atoms with Crippen molar-refractivity contribution in [1.82, 2.24) is 0 Å². The van der Waals surface area contributed by atoms with Crippen molar-refractivity contribution in [2.24, 2.45) is 0 Å². The van der Waals surface area contributed by atoms with Gasteiger partial charge in [0.25, 0.3) is 0 Å². The zero-order valence-corrected chi connectivity index (χ0v) is 14.8. The Labute approximate surface area is 148 Å². The van der Waals surface area contributed by atoms with Crippen LogP contribution in [0.4, 0.5) is 0 Å². The molecule has 1 heterocycles. The number of aromatic carboxylic acids is 1. The summed E-state index contributed by atoms with van der Waals surface area (Å²) in [5.41, 5.74) is 0.587. The van der Waals surface area contributed by atoms with Gasteiger partial charge in [-0.2, -0.15) is 11.8 Å². The van der Waals surface area contributed by atoms with Gasteiger partial charge in [0.2, 0.25) is 0 Å². The lowest BCUT2D eigenvalue weighted by Crippen LogP contribution is -2.41. The molecular formula is C13H16BNO5S3. The molecule has 2 rings (SSSR count). The van der Waals surface area contributed by atoms with Crippen molar-refractivity contribution in [3.8, 4) is 11.5 Å². The fourth-order valence-electron chi connectivity index (χ4n) is 2.22. The lowest BCUT2D eigenvalue weighted by Gasteiger charge is -2.28. The van der Waals surface area contributed by atoms with Crippen LogP contribution in [0, 0.1) is 5.41 Å². The van der Waals surface area contributed by atoms with Crippen LogP contribution < -0.4 is 9.39 Å². The first kappa shape index (κ1) is 18.4. The van der Waals surface area contributed by atoms with Gasteiger partial charge in [-0.05, 0) is 24.3 Å². The van der Waals surface area contributed by atoms with Gasteiger partial charge in [-0.25, -0.2) is 4.79 Å². The largest absolute Gasteiger partial charge is 0.537 e. The molecule has 0 unspecified atom stereocenters. The standard InChI is InChI=1S/C13H16BNO5S3/c1-22-5-4-19-8-3-2-7-6-9(23-13(15)21)14(18)20-11(7)10(8)12(16)17/h2-3,9,18H,4-6H2,1H3,(H2,15,21)(H,16,17)/t9-/m0/s1. The number of carboxylic acids is 1. The van der Waals surface area contributed by atoms with E-state index in [0.29, 0.717) is 18.6 Å². The molecule has 0 bridgehead atoms. The van der Waals surface area contributed by atoms with Crippen molar-refractivity contribution in [2.45, 2.75) is 11.6 Å². The molecule has 6 nitrogen and oxygen atoms in total. The van der Waals surface area contributed by atoms with Gasteiger partial charge in [-0.15, -0.1) is 12.6 Å². The van der Waals surface area contributed by atoms with Crippen molar-refractivity contribution in [3.05, 3.63) is 23.3 Å². The van der Waals surface area contributed by atoms with E-state index in [1.807, 2.05) is 6.26 Å². The van der Waals surface area contributed by atoms with Crippen LogP contribution in [0.5, 0.6) is 11.5 Å². The predicted molar refractivity (Wildman–Crippen MR) is 97.7 cm³/mol. The maximum Gasteiger partial charge on any atom is 0.537 e. The van der Waals surface area contributed by atoms with Gasteiger partial charge >= 0.3 is 13.1 Å². The number of rotatable bonds is 6. The summed E-state index contributed by atoms with van der Waals surface area (Å²) in [7, 11) is -1.21. The Kier molecular flexibility index (Phi) is 6.57. The molecule has 10 heteroatoms. The highest BCUT2D eigenvalue weighted by Gasteiger charge is 2.38. The van der Waals surface area contributed by atoms with Crippen molar-refractivity contribution >= 4 is 53.6 Å². The summed E-state index contributed by atoms with van der Waals surface area (Å²) >= 11 is 6.57. The number of carbonyl (C=O) groups is 1. The highest BCUT2D eigenvalue weighted by atomic mass is 32.2. The van der Waals surface area contributed by atoms with Crippen LogP contribution in [0.3, 0.4) is 0 Å². The quantitative estimate of drug-likeness (QED) is 0.199. The summed E-state index contributed by atoms with van der Waals surface area (Å²) in [5.74, 6) is -0.0662. The average Bonchev–Trinajstić information content (AvgIpc) is 2.47. The van der Waals surface area contributed by atoms with Gasteiger partial charge in [0.05, 0.1) is 11.8 Å². The molecule has 0 aromatic heterocycles. The molecule has 0 saturated carbocycles. The molecule has 1 aliphatic heterocycles. The molecule has 1 aliphatic rings. The second-order valence-corrected chi connectivity index (χ2v) is 7.73. The Morgan fingerprint density at radius 3 is 2.96 bits per heavy atom. The summed E-state index contributed by atoms with van der Waals surface area (Å²) in [6, 6.07) is 3.34. The third-order valence-corrected chi connectivity index (χ3v) is 5.02. The van der Waals surface area contributed by atoms with E-state index >= 15 is 0 Å². The third-order valence-electron chi connectivity index (χ3n) is 3.20. The van der Waals surface area contributed by atoms with Crippen LogP contribution in [0.15, 0.2) is 12.1 Å². The number of benzene rings is 1. The first-order chi connectivity index (χ1) is 10.9. The molecule has 124 valence electrons. The Morgan fingerprint density at radius 2 is 2.35 bits per heavy atom. The highest BCUT2D eigenvalue weighted by Crippen LogP contribution is 2.38. The molecular weight excluding hydrogens is 357 g/mol. The van der Waals surface area contributed by atoms with Crippen LogP contribution in [-0.4, -0.2) is 51.4 Å². The lowest BCUT2D eigenvalue weighted by atomic mass is 9.77. The van der Waals surface area contributed by atoms with Gasteiger partial charge in [0.1, 0.15) is 21.4 Å². The first-order valence-electron chi connectivity index (χ1n) is 6.73. The molecule has 0 amide bonds. The van der Waals surface area contributed by atoms with E-state index in [4.69, 9.17) is 14.8 Å². The number of thioether (sulfide) groups is 2. The minimum atomic E-state index is -1.21. The van der Waals surface area contributed by atoms with E-state index in [1.54, 1.807) is 23.9 Å². The number of ether oxygens (including phenoxy) is 1. The van der Waals surface area contributed by atoms with E-state index in [-0.39, 0.29) is 21.4 Å². The maximum absolute atomic E-state index is 11.6. The van der Waals surface area contributed by atoms with E-state index in [1.165, 1.54) is 0 Å². The Bertz CT molecular complexity index is 616. The van der Waals surface area contributed by atoms with Crippen LogP contribution in [0.1, 0.15) is 15.9 Å². The van der Waals surface area contributed by atoms with Gasteiger partial charge < -0.3 is 19.5 Å². The molecule has 1 aromatic rings. The number of thiol groups is 1. The van der Waals surface area contributed by atoms with Gasteiger partial charge in [0, 0.05) is 5.75 Å². The summed E-state index contributed by atoms with van der Waals surface area (Å²) in [4.78, 5) is 11.6. The molecule has 0 aliphatic carbocycles. The van der Waals surface area contributed by atoms with Gasteiger partial charge in [0.15, 0.2) is 0 Å².